The average Bonchev–Trinajstić information content (AvgIpc) is 3.00. The van der Waals surface area contributed by atoms with Crippen LogP contribution < -0.4 is 16.2 Å². The fourth-order valence-electron chi connectivity index (χ4n) is 4.25. The number of urea groups is 2. The number of aryl methyl sites for hydroxylation is 1. The van der Waals surface area contributed by atoms with Crippen LogP contribution in [0.3, 0.4) is 0 Å². The summed E-state index contributed by atoms with van der Waals surface area (Å²) in [4.78, 5) is 40.4. The molecule has 1 aromatic carbocycles. The maximum atomic E-state index is 12.8. The van der Waals surface area contributed by atoms with E-state index in [0.29, 0.717) is 18.8 Å². The van der Waals surface area contributed by atoms with Crippen molar-refractivity contribution in [1.29, 1.82) is 0 Å². The third-order valence-electron chi connectivity index (χ3n) is 5.70. The minimum absolute atomic E-state index is 0.0492. The molecule has 2 atom stereocenters. The van der Waals surface area contributed by atoms with E-state index in [0.717, 1.165) is 17.3 Å². The lowest BCUT2D eigenvalue weighted by Gasteiger charge is -2.37. The van der Waals surface area contributed by atoms with Gasteiger partial charge in [0.05, 0.1) is 17.6 Å². The van der Waals surface area contributed by atoms with Crippen molar-refractivity contribution in [1.82, 2.24) is 19.7 Å². The van der Waals surface area contributed by atoms with Crippen LogP contribution in [0.1, 0.15) is 20.3 Å². The summed E-state index contributed by atoms with van der Waals surface area (Å²) in [6, 6.07) is 8.79. The maximum absolute atomic E-state index is 12.8. The van der Waals surface area contributed by atoms with Gasteiger partial charge in [-0.2, -0.15) is 0 Å². The van der Waals surface area contributed by atoms with Gasteiger partial charge in [0, 0.05) is 37.9 Å². The van der Waals surface area contributed by atoms with E-state index in [1.54, 1.807) is 28.6 Å². The number of hydrogen-bond acceptors (Lipinski definition) is 3. The Labute approximate surface area is 163 Å². The van der Waals surface area contributed by atoms with Crippen LogP contribution in [0.5, 0.6) is 0 Å². The van der Waals surface area contributed by atoms with E-state index in [4.69, 9.17) is 0 Å². The number of fused-ring (bicyclic) bond motifs is 2. The summed E-state index contributed by atoms with van der Waals surface area (Å²) in [5, 5.41) is 6.86. The lowest BCUT2D eigenvalue weighted by Crippen LogP contribution is -2.54. The highest BCUT2D eigenvalue weighted by atomic mass is 16.2. The number of amides is 4. The number of benzene rings is 1. The standard InChI is InChI=1S/C20H25N5O3/c1-12(2)25-16-8-9-24(11-15(16)22-20(25)28)19(27)21-14-6-4-13-5-7-18(26)23(3)17(13)10-14/h4-7,10,12,15-16H,8-9,11H2,1-3H3,(H,21,27)(H,22,28)/t15-,16+/m1/s1. The number of nitrogens with one attached hydrogen (secondary N) is 2. The number of carbonyl (C=O) groups excluding carboxylic acids is 2. The SMILES string of the molecule is CC(C)N1C(=O)N[C@@H]2CN(C(=O)Nc3ccc4ccc(=O)n(C)c4c3)CC[C@@H]21. The highest BCUT2D eigenvalue weighted by Crippen LogP contribution is 2.25. The number of hydrogen-bond donors (Lipinski definition) is 2. The first-order valence-electron chi connectivity index (χ1n) is 9.59. The topological polar surface area (TPSA) is 86.7 Å². The van der Waals surface area contributed by atoms with Gasteiger partial charge in [0.25, 0.3) is 5.56 Å². The molecule has 28 heavy (non-hydrogen) atoms. The molecular weight excluding hydrogens is 358 g/mol. The number of pyridine rings is 1. The Kier molecular flexibility index (Phi) is 4.49. The highest BCUT2D eigenvalue weighted by molar-refractivity contribution is 5.93. The molecule has 2 saturated heterocycles. The summed E-state index contributed by atoms with van der Waals surface area (Å²) in [5.41, 5.74) is 1.31. The third kappa shape index (κ3) is 3.08. The molecule has 2 fully saturated rings. The van der Waals surface area contributed by atoms with Crippen molar-refractivity contribution in [2.24, 2.45) is 7.05 Å². The van der Waals surface area contributed by atoms with Crippen molar-refractivity contribution in [2.45, 2.75) is 38.4 Å². The molecule has 0 aliphatic carbocycles. The Morgan fingerprint density at radius 3 is 2.71 bits per heavy atom. The minimum atomic E-state index is -0.198. The monoisotopic (exact) mass is 383 g/mol. The van der Waals surface area contributed by atoms with Crippen LogP contribution in [-0.4, -0.2) is 57.6 Å². The molecule has 2 aromatic rings. The Hall–Kier alpha value is -3.03. The van der Waals surface area contributed by atoms with Crippen LogP contribution in [0.25, 0.3) is 10.9 Å². The minimum Gasteiger partial charge on any atom is -0.331 e. The molecule has 3 heterocycles. The molecule has 0 saturated carbocycles. The molecule has 148 valence electrons. The molecule has 2 N–H and O–H groups in total. The second-order valence-corrected chi connectivity index (χ2v) is 7.79. The lowest BCUT2D eigenvalue weighted by atomic mass is 9.99. The zero-order valence-electron chi connectivity index (χ0n) is 16.3. The largest absolute Gasteiger partial charge is 0.331 e. The summed E-state index contributed by atoms with van der Waals surface area (Å²) in [7, 11) is 1.71. The van der Waals surface area contributed by atoms with Gasteiger partial charge in [-0.15, -0.1) is 0 Å². The predicted molar refractivity (Wildman–Crippen MR) is 107 cm³/mol. The molecule has 0 radical (unpaired) electrons. The Morgan fingerprint density at radius 2 is 1.96 bits per heavy atom. The van der Waals surface area contributed by atoms with Crippen LogP contribution in [0, 0.1) is 0 Å². The molecule has 8 nitrogen and oxygen atoms in total. The molecule has 0 spiro atoms. The van der Waals surface area contributed by atoms with Gasteiger partial charge in [-0.1, -0.05) is 6.07 Å². The van der Waals surface area contributed by atoms with Gasteiger partial charge in [-0.3, -0.25) is 4.79 Å². The van der Waals surface area contributed by atoms with Gasteiger partial charge in [0.15, 0.2) is 0 Å². The molecule has 4 amide bonds. The van der Waals surface area contributed by atoms with Gasteiger partial charge in [-0.05, 0) is 43.9 Å². The van der Waals surface area contributed by atoms with E-state index in [-0.39, 0.29) is 35.7 Å². The molecule has 4 rings (SSSR count). The Balaban J connectivity index is 1.48. The smallest absolute Gasteiger partial charge is 0.321 e. The average molecular weight is 383 g/mol. The van der Waals surface area contributed by atoms with Crippen molar-refractivity contribution in [3.8, 4) is 0 Å². The number of rotatable bonds is 2. The molecule has 8 heteroatoms. The lowest BCUT2D eigenvalue weighted by molar-refractivity contribution is 0.138. The van der Waals surface area contributed by atoms with E-state index in [2.05, 4.69) is 10.6 Å². The zero-order valence-corrected chi connectivity index (χ0v) is 16.3. The quantitative estimate of drug-likeness (QED) is 0.831. The predicted octanol–water partition coefficient (Wildman–Crippen LogP) is 1.95. The number of anilines is 1. The second-order valence-electron chi connectivity index (χ2n) is 7.79. The van der Waals surface area contributed by atoms with Crippen LogP contribution in [0.15, 0.2) is 35.1 Å². The molecular formula is C20H25N5O3. The van der Waals surface area contributed by atoms with E-state index in [1.165, 1.54) is 6.07 Å². The summed E-state index contributed by atoms with van der Waals surface area (Å²) in [5.74, 6) is 0. The highest BCUT2D eigenvalue weighted by Gasteiger charge is 2.44. The van der Waals surface area contributed by atoms with Gasteiger partial charge in [0.2, 0.25) is 0 Å². The third-order valence-corrected chi connectivity index (χ3v) is 5.70. The number of carbonyl (C=O) groups is 2. The summed E-state index contributed by atoms with van der Waals surface area (Å²) < 4.78 is 1.56. The fourth-order valence-corrected chi connectivity index (χ4v) is 4.25. The molecule has 0 bridgehead atoms. The second kappa shape index (κ2) is 6.85. The number of piperidine rings is 1. The summed E-state index contributed by atoms with van der Waals surface area (Å²) in [6.07, 6.45) is 0.751. The van der Waals surface area contributed by atoms with Crippen molar-refractivity contribution in [3.63, 3.8) is 0 Å². The molecule has 2 aliphatic heterocycles. The van der Waals surface area contributed by atoms with Gasteiger partial charge < -0.3 is 25.0 Å². The van der Waals surface area contributed by atoms with Crippen LogP contribution in [-0.2, 0) is 7.05 Å². The Morgan fingerprint density at radius 1 is 1.21 bits per heavy atom. The van der Waals surface area contributed by atoms with Gasteiger partial charge in [-0.25, -0.2) is 9.59 Å². The van der Waals surface area contributed by atoms with E-state index in [1.807, 2.05) is 30.9 Å². The van der Waals surface area contributed by atoms with Crippen molar-refractivity contribution in [2.75, 3.05) is 18.4 Å². The normalized spacial score (nSPS) is 21.8. The van der Waals surface area contributed by atoms with Gasteiger partial charge in [0.1, 0.15) is 0 Å². The summed E-state index contributed by atoms with van der Waals surface area (Å²) in [6.45, 7) is 5.09. The maximum Gasteiger partial charge on any atom is 0.321 e. The van der Waals surface area contributed by atoms with Crippen molar-refractivity contribution in [3.05, 3.63) is 40.7 Å². The zero-order chi connectivity index (χ0) is 20.0. The van der Waals surface area contributed by atoms with Crippen LogP contribution in [0.4, 0.5) is 15.3 Å². The number of aromatic nitrogens is 1. The Bertz CT molecular complexity index is 999. The molecule has 0 unspecified atom stereocenters. The van der Waals surface area contributed by atoms with E-state index >= 15 is 0 Å². The first-order chi connectivity index (χ1) is 13.3. The van der Waals surface area contributed by atoms with Crippen molar-refractivity contribution >= 4 is 28.7 Å². The van der Waals surface area contributed by atoms with Crippen LogP contribution >= 0.6 is 0 Å². The first-order valence-corrected chi connectivity index (χ1v) is 9.59. The van der Waals surface area contributed by atoms with E-state index < -0.39 is 0 Å². The summed E-state index contributed by atoms with van der Waals surface area (Å²) >= 11 is 0. The van der Waals surface area contributed by atoms with Crippen LogP contribution in [0.2, 0.25) is 0 Å². The van der Waals surface area contributed by atoms with Gasteiger partial charge >= 0.3 is 12.1 Å². The first kappa shape index (κ1) is 18.3. The fraction of sp³-hybridized carbons (Fsp3) is 0.450. The molecule has 1 aromatic heterocycles. The number of nitrogens with zero attached hydrogens (tertiary/aromatic N) is 3. The number of likely N-dealkylation sites (tertiary alicyclic amines) is 1. The van der Waals surface area contributed by atoms with Crippen molar-refractivity contribution < 1.29 is 9.59 Å². The molecule has 2 aliphatic rings. The van der Waals surface area contributed by atoms with E-state index in [9.17, 15) is 14.4 Å².